The maximum absolute atomic E-state index is 12.9. The van der Waals surface area contributed by atoms with Crippen molar-refractivity contribution in [3.8, 4) is 0 Å². The average molecular weight is 529 g/mol. The molecule has 11 atom stereocenters. The van der Waals surface area contributed by atoms with E-state index in [4.69, 9.17) is 4.74 Å². The van der Waals surface area contributed by atoms with Crippen LogP contribution in [0, 0.1) is 56.7 Å². The zero-order valence-corrected chi connectivity index (χ0v) is 25.1. The predicted octanol–water partition coefficient (Wildman–Crippen LogP) is 7.02. The van der Waals surface area contributed by atoms with Crippen LogP contribution < -0.4 is 0 Å². The number of esters is 1. The van der Waals surface area contributed by atoms with E-state index in [1.165, 1.54) is 5.57 Å². The van der Waals surface area contributed by atoms with Crippen LogP contribution in [-0.2, 0) is 14.3 Å². The number of carbonyl (C=O) groups is 2. The first-order valence-electron chi connectivity index (χ1n) is 15.4. The zero-order valence-electron chi connectivity index (χ0n) is 25.1. The van der Waals surface area contributed by atoms with Gasteiger partial charge in [0.25, 0.3) is 0 Å². The molecule has 0 heterocycles. The number of ether oxygens (including phenoxy) is 1. The lowest BCUT2D eigenvalue weighted by Crippen LogP contribution is -2.67. The molecule has 0 saturated heterocycles. The van der Waals surface area contributed by atoms with E-state index in [1.54, 1.807) is 0 Å². The lowest BCUT2D eigenvalue weighted by Gasteiger charge is -2.71. The number of carboxylic acid groups (broad SMARTS) is 1. The molecule has 0 aliphatic heterocycles. The normalized spacial score (nSPS) is 51.4. The van der Waals surface area contributed by atoms with Gasteiger partial charge in [-0.1, -0.05) is 67.0 Å². The van der Waals surface area contributed by atoms with Gasteiger partial charge in [-0.25, -0.2) is 0 Å². The number of hydrogen-bond donors (Lipinski definition) is 2. The molecule has 0 bridgehead atoms. The summed E-state index contributed by atoms with van der Waals surface area (Å²) in [6, 6.07) is 0. The summed E-state index contributed by atoms with van der Waals surface area (Å²) in [5.74, 6) is 0.910. The topological polar surface area (TPSA) is 83.8 Å². The van der Waals surface area contributed by atoms with Crippen molar-refractivity contribution >= 4 is 11.9 Å². The number of carboxylic acids is 1. The molecule has 2 N–H and O–H groups in total. The number of rotatable bonds is 3. The number of allylic oxidation sites excluding steroid dienone is 2. The van der Waals surface area contributed by atoms with Crippen molar-refractivity contribution in [2.75, 3.05) is 0 Å². The molecule has 5 rings (SSSR count). The molecule has 5 aliphatic carbocycles. The monoisotopic (exact) mass is 528 g/mol. The third-order valence-electron chi connectivity index (χ3n) is 13.9. The van der Waals surface area contributed by atoms with E-state index in [-0.39, 0.29) is 33.5 Å². The minimum absolute atomic E-state index is 0.0328. The first-order valence-corrected chi connectivity index (χ1v) is 15.4. The van der Waals surface area contributed by atoms with Crippen LogP contribution >= 0.6 is 0 Å². The molecule has 0 amide bonds. The molecule has 214 valence electrons. The highest BCUT2D eigenvalue weighted by atomic mass is 16.6. The third kappa shape index (κ3) is 3.45. The first kappa shape index (κ1) is 28.2. The Labute approximate surface area is 230 Å². The molecular formula is C33H52O5. The minimum Gasteiger partial charge on any atom is -0.481 e. The summed E-state index contributed by atoms with van der Waals surface area (Å²) in [5, 5.41) is 22.0. The second kappa shape index (κ2) is 8.82. The van der Waals surface area contributed by atoms with Gasteiger partial charge >= 0.3 is 11.9 Å². The molecule has 0 unspecified atom stereocenters. The van der Waals surface area contributed by atoms with Gasteiger partial charge in [0, 0.05) is 6.42 Å². The Morgan fingerprint density at radius 1 is 1.00 bits per heavy atom. The maximum atomic E-state index is 12.9. The molecule has 0 aromatic rings. The highest BCUT2D eigenvalue weighted by Gasteiger charge is 2.70. The summed E-state index contributed by atoms with van der Waals surface area (Å²) in [4.78, 5) is 25.3. The number of aliphatic hydroxyl groups is 1. The van der Waals surface area contributed by atoms with E-state index in [1.807, 2.05) is 6.92 Å². The van der Waals surface area contributed by atoms with E-state index >= 15 is 0 Å². The van der Waals surface area contributed by atoms with Crippen LogP contribution in [0.4, 0.5) is 0 Å². The summed E-state index contributed by atoms with van der Waals surface area (Å²) < 4.78 is 5.91. The van der Waals surface area contributed by atoms with Crippen molar-refractivity contribution < 1.29 is 24.5 Å². The smallest absolute Gasteiger partial charge is 0.310 e. The van der Waals surface area contributed by atoms with Crippen molar-refractivity contribution in [3.05, 3.63) is 11.6 Å². The quantitative estimate of drug-likeness (QED) is 0.304. The predicted molar refractivity (Wildman–Crippen MR) is 148 cm³/mol. The Bertz CT molecular complexity index is 1030. The molecule has 5 nitrogen and oxygen atoms in total. The Balaban J connectivity index is 1.59. The highest BCUT2D eigenvalue weighted by Crippen LogP contribution is 2.75. The van der Waals surface area contributed by atoms with Crippen molar-refractivity contribution in [2.45, 2.75) is 125 Å². The molecular weight excluding hydrogens is 476 g/mol. The number of carbonyl (C=O) groups excluding carboxylic acids is 1. The van der Waals surface area contributed by atoms with Crippen molar-refractivity contribution in [3.63, 3.8) is 0 Å². The van der Waals surface area contributed by atoms with Gasteiger partial charge in [0.1, 0.15) is 6.10 Å². The van der Waals surface area contributed by atoms with Gasteiger partial charge in [0.05, 0.1) is 11.5 Å². The third-order valence-corrected chi connectivity index (χ3v) is 13.9. The van der Waals surface area contributed by atoms with E-state index in [2.05, 4.69) is 54.5 Å². The molecule has 5 aliphatic rings. The van der Waals surface area contributed by atoms with Gasteiger partial charge in [-0.2, -0.15) is 0 Å². The standard InChI is InChI=1S/C33H52O5/c1-9-25(34)38-22-18-30(6)23(29(4,5)27(22)35)13-14-32(8)24(30)11-10-21-26-20(3)19(2)12-15-33(26,28(36)37)17-16-31(21,32)7/h10,19-20,22-24,26-27,35H,9,11-18H2,1-8H3,(H,36,37)/t19-,20+,22-,23+,24-,26+,27+,30+,31-,32-,33+/m1/s1. The summed E-state index contributed by atoms with van der Waals surface area (Å²) in [6.07, 6.45) is 8.93. The second-order valence-corrected chi connectivity index (χ2v) is 15.5. The molecule has 4 fully saturated rings. The number of fused-ring (bicyclic) bond motifs is 7. The molecule has 38 heavy (non-hydrogen) atoms. The van der Waals surface area contributed by atoms with E-state index < -0.39 is 23.6 Å². The van der Waals surface area contributed by atoms with Crippen molar-refractivity contribution in [1.82, 2.24) is 0 Å². The summed E-state index contributed by atoms with van der Waals surface area (Å²) in [7, 11) is 0. The lowest BCUT2D eigenvalue weighted by atomic mass is 9.33. The maximum Gasteiger partial charge on any atom is 0.310 e. The van der Waals surface area contributed by atoms with Crippen LogP contribution in [0.5, 0.6) is 0 Å². The number of hydrogen-bond acceptors (Lipinski definition) is 4. The molecule has 0 aromatic carbocycles. The largest absolute Gasteiger partial charge is 0.481 e. The van der Waals surface area contributed by atoms with Crippen LogP contribution in [0.15, 0.2) is 11.6 Å². The van der Waals surface area contributed by atoms with Crippen LogP contribution in [0.2, 0.25) is 0 Å². The Kier molecular flexibility index (Phi) is 6.54. The summed E-state index contributed by atoms with van der Waals surface area (Å²) >= 11 is 0. The van der Waals surface area contributed by atoms with Crippen LogP contribution in [0.1, 0.15) is 113 Å². The second-order valence-electron chi connectivity index (χ2n) is 15.5. The Morgan fingerprint density at radius 3 is 2.32 bits per heavy atom. The Morgan fingerprint density at radius 2 is 1.68 bits per heavy atom. The van der Waals surface area contributed by atoms with E-state index in [9.17, 15) is 19.8 Å². The van der Waals surface area contributed by atoms with Gasteiger partial charge in [0.15, 0.2) is 0 Å². The highest BCUT2D eigenvalue weighted by molar-refractivity contribution is 5.76. The lowest BCUT2D eigenvalue weighted by molar-refractivity contribution is -0.238. The fourth-order valence-corrected chi connectivity index (χ4v) is 11.3. The van der Waals surface area contributed by atoms with Gasteiger partial charge < -0.3 is 14.9 Å². The van der Waals surface area contributed by atoms with Crippen LogP contribution in [-0.4, -0.2) is 34.4 Å². The molecule has 0 radical (unpaired) electrons. The number of aliphatic carboxylic acids is 1. The van der Waals surface area contributed by atoms with E-state index in [0.29, 0.717) is 36.5 Å². The summed E-state index contributed by atoms with van der Waals surface area (Å²) in [6.45, 7) is 18.2. The SMILES string of the molecule is CCC(=O)O[C@@H]1C[C@]2(C)[C@H]3CC=C4[C@@H]5[C@@H](C)[C@H](C)CC[C@]5(C(=O)O)CC[C@@]4(C)[C@]3(C)CC[C@H]2C(C)(C)[C@H]1O. The van der Waals surface area contributed by atoms with Crippen molar-refractivity contribution in [2.24, 2.45) is 56.7 Å². The fraction of sp³-hybridized carbons (Fsp3) is 0.879. The van der Waals surface area contributed by atoms with Crippen LogP contribution in [0.3, 0.4) is 0 Å². The minimum atomic E-state index is -0.666. The van der Waals surface area contributed by atoms with Gasteiger partial charge in [-0.3, -0.25) is 9.59 Å². The fourth-order valence-electron chi connectivity index (χ4n) is 11.3. The summed E-state index contributed by atoms with van der Waals surface area (Å²) in [5.41, 5.74) is 0.371. The van der Waals surface area contributed by atoms with Gasteiger partial charge in [-0.15, -0.1) is 0 Å². The van der Waals surface area contributed by atoms with Crippen LogP contribution in [0.25, 0.3) is 0 Å². The van der Waals surface area contributed by atoms with Gasteiger partial charge in [0.2, 0.25) is 0 Å². The average Bonchev–Trinajstić information content (AvgIpc) is 2.84. The molecule has 0 spiro atoms. The van der Waals surface area contributed by atoms with Crippen molar-refractivity contribution in [1.29, 1.82) is 0 Å². The molecule has 0 aromatic heterocycles. The Hall–Kier alpha value is -1.36. The molecule has 4 saturated carbocycles. The molecule has 5 heteroatoms. The first-order chi connectivity index (χ1) is 17.6. The van der Waals surface area contributed by atoms with Gasteiger partial charge in [-0.05, 0) is 103 Å². The zero-order chi connectivity index (χ0) is 28.1. The number of aliphatic hydroxyl groups excluding tert-OH is 1. The van der Waals surface area contributed by atoms with E-state index in [0.717, 1.165) is 44.9 Å².